The first-order chi connectivity index (χ1) is 9.02. The third kappa shape index (κ3) is 2.73. The molecule has 1 heterocycles. The maximum atomic E-state index is 11.1. The van der Waals surface area contributed by atoms with Crippen molar-refractivity contribution in [3.63, 3.8) is 0 Å². The van der Waals surface area contributed by atoms with Gasteiger partial charge in [0.25, 0.3) is 5.88 Å². The smallest absolute Gasteiger partial charge is 0.372 e. The molecule has 8 heteroatoms. The monoisotopic (exact) mass is 268 g/mol. The summed E-state index contributed by atoms with van der Waals surface area (Å²) in [6, 6.07) is 0. The summed E-state index contributed by atoms with van der Waals surface area (Å²) < 4.78 is 4.90. The lowest BCUT2D eigenvalue weighted by atomic mass is 9.82. The summed E-state index contributed by atoms with van der Waals surface area (Å²) in [5.41, 5.74) is -0.229. The minimum Gasteiger partial charge on any atom is -0.476 e. The molecule has 0 bridgehead atoms. The molecule has 1 aliphatic rings. The minimum absolute atomic E-state index is 0.0458. The van der Waals surface area contributed by atoms with Gasteiger partial charge in [0.15, 0.2) is 0 Å². The Morgan fingerprint density at radius 2 is 2.26 bits per heavy atom. The van der Waals surface area contributed by atoms with E-state index in [1.807, 2.05) is 0 Å². The number of nitrogens with zero attached hydrogens (tertiary/aromatic N) is 4. The van der Waals surface area contributed by atoms with E-state index in [1.165, 1.54) is 13.4 Å². The predicted molar refractivity (Wildman–Crippen MR) is 67.2 cm³/mol. The van der Waals surface area contributed by atoms with E-state index in [4.69, 9.17) is 4.74 Å². The fraction of sp³-hybridized carbons (Fsp3) is 0.636. The molecule has 0 amide bonds. The Kier molecular flexibility index (Phi) is 3.79. The fourth-order valence-electron chi connectivity index (χ4n) is 2.27. The molecule has 19 heavy (non-hydrogen) atoms. The number of aromatic nitrogens is 2. The van der Waals surface area contributed by atoms with E-state index < -0.39 is 4.92 Å². The van der Waals surface area contributed by atoms with E-state index in [-0.39, 0.29) is 23.5 Å². The van der Waals surface area contributed by atoms with Gasteiger partial charge in [0, 0.05) is 13.6 Å². The number of hydrogen-bond acceptors (Lipinski definition) is 7. The Labute approximate surface area is 110 Å². The lowest BCUT2D eigenvalue weighted by Gasteiger charge is -2.34. The SMILES string of the molecule is COc1ncnc(N(C)CC2CC(O)C2)c1[N+](=O)[O-]. The highest BCUT2D eigenvalue weighted by Gasteiger charge is 2.31. The Balaban J connectivity index is 2.20. The lowest BCUT2D eigenvalue weighted by Crippen LogP contribution is -2.37. The fourth-order valence-corrected chi connectivity index (χ4v) is 2.27. The van der Waals surface area contributed by atoms with Crippen molar-refractivity contribution in [3.05, 3.63) is 16.4 Å². The highest BCUT2D eigenvalue weighted by molar-refractivity contribution is 5.62. The Morgan fingerprint density at radius 3 is 2.79 bits per heavy atom. The number of hydrogen-bond donors (Lipinski definition) is 1. The Hall–Kier alpha value is -1.96. The third-order valence-corrected chi connectivity index (χ3v) is 3.25. The van der Waals surface area contributed by atoms with Crippen LogP contribution in [-0.4, -0.2) is 46.8 Å². The van der Waals surface area contributed by atoms with Crippen molar-refractivity contribution in [2.24, 2.45) is 5.92 Å². The normalized spacial score (nSPS) is 21.6. The van der Waals surface area contributed by atoms with Gasteiger partial charge in [0.05, 0.1) is 18.1 Å². The quantitative estimate of drug-likeness (QED) is 0.616. The molecular formula is C11H16N4O4. The van der Waals surface area contributed by atoms with Crippen LogP contribution in [0.1, 0.15) is 12.8 Å². The molecule has 2 rings (SSSR count). The van der Waals surface area contributed by atoms with Crippen LogP contribution in [0.15, 0.2) is 6.33 Å². The van der Waals surface area contributed by atoms with Gasteiger partial charge in [0.1, 0.15) is 6.33 Å². The number of methoxy groups -OCH3 is 1. The van der Waals surface area contributed by atoms with Crippen LogP contribution in [-0.2, 0) is 0 Å². The summed E-state index contributed by atoms with van der Waals surface area (Å²) in [5.74, 6) is 0.522. The van der Waals surface area contributed by atoms with Crippen molar-refractivity contribution in [2.75, 3.05) is 25.6 Å². The van der Waals surface area contributed by atoms with Gasteiger partial charge in [-0.25, -0.2) is 4.98 Å². The molecule has 8 nitrogen and oxygen atoms in total. The molecule has 104 valence electrons. The van der Waals surface area contributed by atoms with E-state index in [2.05, 4.69) is 9.97 Å². The van der Waals surface area contributed by atoms with Gasteiger partial charge in [-0.3, -0.25) is 10.1 Å². The summed E-state index contributed by atoms with van der Waals surface area (Å²) in [6.07, 6.45) is 2.45. The summed E-state index contributed by atoms with van der Waals surface area (Å²) in [6.45, 7) is 0.609. The van der Waals surface area contributed by atoms with Crippen LogP contribution in [0.2, 0.25) is 0 Å². The molecule has 1 aliphatic carbocycles. The first-order valence-electron chi connectivity index (χ1n) is 5.95. The van der Waals surface area contributed by atoms with Crippen molar-refractivity contribution >= 4 is 11.5 Å². The lowest BCUT2D eigenvalue weighted by molar-refractivity contribution is -0.385. The number of ether oxygens (including phenoxy) is 1. The van der Waals surface area contributed by atoms with E-state index in [0.717, 1.165) is 12.8 Å². The molecule has 0 saturated heterocycles. The molecule has 0 spiro atoms. The molecule has 1 aromatic heterocycles. The minimum atomic E-state index is -0.541. The van der Waals surface area contributed by atoms with Gasteiger partial charge in [-0.05, 0) is 18.8 Å². The molecule has 0 radical (unpaired) electrons. The molecule has 0 aliphatic heterocycles. The first kappa shape index (κ1) is 13.5. The van der Waals surface area contributed by atoms with Gasteiger partial charge >= 0.3 is 5.69 Å². The van der Waals surface area contributed by atoms with Gasteiger partial charge in [-0.2, -0.15) is 4.98 Å². The van der Waals surface area contributed by atoms with E-state index in [9.17, 15) is 15.2 Å². The van der Waals surface area contributed by atoms with E-state index in [1.54, 1.807) is 11.9 Å². The number of aliphatic hydroxyl groups excluding tert-OH is 1. The van der Waals surface area contributed by atoms with Gasteiger partial charge < -0.3 is 14.7 Å². The van der Waals surface area contributed by atoms with Gasteiger partial charge in [-0.1, -0.05) is 0 Å². The van der Waals surface area contributed by atoms with Crippen LogP contribution in [0.25, 0.3) is 0 Å². The molecule has 1 aromatic rings. The van der Waals surface area contributed by atoms with E-state index in [0.29, 0.717) is 12.5 Å². The summed E-state index contributed by atoms with van der Waals surface area (Å²) >= 11 is 0. The highest BCUT2D eigenvalue weighted by atomic mass is 16.6. The number of anilines is 1. The molecule has 1 N–H and O–H groups in total. The molecule has 1 saturated carbocycles. The highest BCUT2D eigenvalue weighted by Crippen LogP contribution is 2.35. The average Bonchev–Trinajstić information content (AvgIpc) is 2.35. The van der Waals surface area contributed by atoms with Crippen LogP contribution in [0, 0.1) is 16.0 Å². The number of aliphatic hydroxyl groups is 1. The molecule has 0 atom stereocenters. The Bertz CT molecular complexity index is 476. The molecular weight excluding hydrogens is 252 g/mol. The van der Waals surface area contributed by atoms with Crippen LogP contribution < -0.4 is 9.64 Å². The van der Waals surface area contributed by atoms with E-state index >= 15 is 0 Å². The van der Waals surface area contributed by atoms with Crippen molar-refractivity contribution < 1.29 is 14.8 Å². The topological polar surface area (TPSA) is 102 Å². The van der Waals surface area contributed by atoms with Crippen LogP contribution in [0.5, 0.6) is 5.88 Å². The zero-order chi connectivity index (χ0) is 14.0. The second kappa shape index (κ2) is 5.35. The van der Waals surface area contributed by atoms with Crippen molar-refractivity contribution in [3.8, 4) is 5.88 Å². The number of rotatable bonds is 5. The zero-order valence-electron chi connectivity index (χ0n) is 10.8. The third-order valence-electron chi connectivity index (χ3n) is 3.25. The molecule has 1 fully saturated rings. The Morgan fingerprint density at radius 1 is 1.58 bits per heavy atom. The maximum absolute atomic E-state index is 11.1. The predicted octanol–water partition coefficient (Wildman–Crippen LogP) is 0.601. The van der Waals surface area contributed by atoms with Gasteiger partial charge in [0.2, 0.25) is 5.82 Å². The summed E-state index contributed by atoms with van der Waals surface area (Å²) in [7, 11) is 3.07. The maximum Gasteiger partial charge on any atom is 0.372 e. The van der Waals surface area contributed by atoms with Crippen LogP contribution in [0.3, 0.4) is 0 Å². The van der Waals surface area contributed by atoms with Crippen LogP contribution in [0.4, 0.5) is 11.5 Å². The zero-order valence-corrected chi connectivity index (χ0v) is 10.8. The van der Waals surface area contributed by atoms with Crippen molar-refractivity contribution in [1.29, 1.82) is 0 Å². The largest absolute Gasteiger partial charge is 0.476 e. The number of nitro groups is 1. The second-order valence-electron chi connectivity index (χ2n) is 4.68. The van der Waals surface area contributed by atoms with Crippen molar-refractivity contribution in [2.45, 2.75) is 18.9 Å². The molecule has 0 unspecified atom stereocenters. The van der Waals surface area contributed by atoms with Gasteiger partial charge in [-0.15, -0.1) is 0 Å². The average molecular weight is 268 g/mol. The first-order valence-corrected chi connectivity index (χ1v) is 5.95. The van der Waals surface area contributed by atoms with Crippen molar-refractivity contribution in [1.82, 2.24) is 9.97 Å². The summed E-state index contributed by atoms with van der Waals surface area (Å²) in [5, 5.41) is 20.4. The molecule has 0 aromatic carbocycles. The second-order valence-corrected chi connectivity index (χ2v) is 4.68. The standard InChI is InChI=1S/C11H16N4O4/c1-14(5-7-3-8(16)4-7)10-9(15(17)18)11(19-2)13-6-12-10/h6-8,16H,3-5H2,1-2H3. The van der Waals surface area contributed by atoms with Crippen LogP contribution >= 0.6 is 0 Å². The summed E-state index contributed by atoms with van der Waals surface area (Å²) in [4.78, 5) is 20.0.